The van der Waals surface area contributed by atoms with Crippen LogP contribution in [0.15, 0.2) is 60.9 Å². The average Bonchev–Trinajstić information content (AvgIpc) is 3.29. The molecule has 2 aromatic carbocycles. The Kier molecular flexibility index (Phi) is 7.80. The second kappa shape index (κ2) is 11.2. The van der Waals surface area contributed by atoms with Crippen LogP contribution in [0.5, 0.6) is 11.5 Å². The van der Waals surface area contributed by atoms with Crippen LogP contribution in [-0.2, 0) is 13.1 Å². The minimum absolute atomic E-state index is 0.139. The molecule has 0 saturated carbocycles. The number of carbonyl (C=O) groups excluding carboxylic acids is 1. The van der Waals surface area contributed by atoms with E-state index in [1.54, 1.807) is 48.3 Å². The van der Waals surface area contributed by atoms with E-state index in [0.29, 0.717) is 48.9 Å². The number of fused-ring (bicyclic) bond motifs is 1. The molecule has 0 aliphatic rings. The van der Waals surface area contributed by atoms with Gasteiger partial charge in [0.05, 0.1) is 32.5 Å². The Hall–Kier alpha value is -3.98. The zero-order chi connectivity index (χ0) is 25.7. The van der Waals surface area contributed by atoms with Crippen molar-refractivity contribution in [1.82, 2.24) is 24.6 Å². The average molecular weight is 492 g/mol. The standard InChI is InChI=1S/C27H30FN5O3/c1-31(2)11-12-32(17-19-5-8-23(28)9-6-19)27(34)22-13-21-16-30-33(26(21)29-15-22)18-20-7-10-24(35-3)14-25(20)36-4/h5-10,13-16H,11-12,17-18H2,1-4H3. The third kappa shape index (κ3) is 5.80. The summed E-state index contributed by atoms with van der Waals surface area (Å²) in [5.41, 5.74) is 2.94. The van der Waals surface area contributed by atoms with Gasteiger partial charge in [-0.3, -0.25) is 4.79 Å². The van der Waals surface area contributed by atoms with Crippen LogP contribution in [0, 0.1) is 5.82 Å². The Labute approximate surface area is 209 Å². The lowest BCUT2D eigenvalue weighted by Gasteiger charge is -2.24. The van der Waals surface area contributed by atoms with Crippen molar-refractivity contribution in [2.45, 2.75) is 13.1 Å². The molecule has 0 aliphatic carbocycles. The molecule has 0 unspecified atom stereocenters. The predicted octanol–water partition coefficient (Wildman–Crippen LogP) is 3.84. The molecular formula is C27H30FN5O3. The highest BCUT2D eigenvalue weighted by molar-refractivity contribution is 5.96. The van der Waals surface area contributed by atoms with Gasteiger partial charge in [0.15, 0.2) is 5.65 Å². The van der Waals surface area contributed by atoms with E-state index in [9.17, 15) is 9.18 Å². The molecule has 36 heavy (non-hydrogen) atoms. The van der Waals surface area contributed by atoms with Crippen molar-refractivity contribution in [3.8, 4) is 11.5 Å². The zero-order valence-electron chi connectivity index (χ0n) is 20.9. The number of halogens is 1. The van der Waals surface area contributed by atoms with E-state index in [0.717, 1.165) is 16.5 Å². The van der Waals surface area contributed by atoms with Gasteiger partial charge >= 0.3 is 0 Å². The van der Waals surface area contributed by atoms with Crippen molar-refractivity contribution in [1.29, 1.82) is 0 Å². The third-order valence-electron chi connectivity index (χ3n) is 5.93. The normalized spacial score (nSPS) is 11.2. The van der Waals surface area contributed by atoms with Gasteiger partial charge in [-0.1, -0.05) is 12.1 Å². The Morgan fingerprint density at radius 3 is 2.47 bits per heavy atom. The largest absolute Gasteiger partial charge is 0.497 e. The molecule has 0 bridgehead atoms. The van der Waals surface area contributed by atoms with Crippen LogP contribution in [0.4, 0.5) is 4.39 Å². The van der Waals surface area contributed by atoms with E-state index in [4.69, 9.17) is 9.47 Å². The monoisotopic (exact) mass is 491 g/mol. The first-order chi connectivity index (χ1) is 17.4. The number of rotatable bonds is 10. The van der Waals surface area contributed by atoms with E-state index >= 15 is 0 Å². The molecule has 0 spiro atoms. The van der Waals surface area contributed by atoms with Crippen molar-refractivity contribution in [3.05, 3.63) is 83.4 Å². The summed E-state index contributed by atoms with van der Waals surface area (Å²) < 4.78 is 25.9. The summed E-state index contributed by atoms with van der Waals surface area (Å²) in [4.78, 5) is 21.8. The maximum atomic E-state index is 13.5. The number of benzene rings is 2. The maximum absolute atomic E-state index is 13.5. The summed E-state index contributed by atoms with van der Waals surface area (Å²) >= 11 is 0. The molecule has 1 amide bonds. The molecule has 2 aromatic heterocycles. The zero-order valence-corrected chi connectivity index (χ0v) is 20.9. The van der Waals surface area contributed by atoms with E-state index in [1.165, 1.54) is 12.1 Å². The van der Waals surface area contributed by atoms with Crippen molar-refractivity contribution in [2.75, 3.05) is 41.4 Å². The summed E-state index contributed by atoms with van der Waals surface area (Å²) in [5, 5.41) is 5.26. The first-order valence-corrected chi connectivity index (χ1v) is 11.6. The molecule has 0 saturated heterocycles. The number of aromatic nitrogens is 3. The van der Waals surface area contributed by atoms with Gasteiger partial charge < -0.3 is 19.3 Å². The molecule has 4 rings (SSSR count). The van der Waals surface area contributed by atoms with Gasteiger partial charge in [0.2, 0.25) is 0 Å². The molecule has 188 valence electrons. The molecular weight excluding hydrogens is 461 g/mol. The van der Waals surface area contributed by atoms with Crippen molar-refractivity contribution >= 4 is 16.9 Å². The molecule has 8 nitrogen and oxygen atoms in total. The van der Waals surface area contributed by atoms with Gasteiger partial charge in [-0.2, -0.15) is 5.10 Å². The van der Waals surface area contributed by atoms with Crippen molar-refractivity contribution in [3.63, 3.8) is 0 Å². The number of ether oxygens (including phenoxy) is 2. The quantitative estimate of drug-likeness (QED) is 0.336. The highest BCUT2D eigenvalue weighted by atomic mass is 19.1. The van der Waals surface area contributed by atoms with Gasteiger partial charge in [0.1, 0.15) is 17.3 Å². The Balaban J connectivity index is 1.57. The number of hydrogen-bond acceptors (Lipinski definition) is 6. The summed E-state index contributed by atoms with van der Waals surface area (Å²) in [5.74, 6) is 0.966. The number of methoxy groups -OCH3 is 2. The second-order valence-electron chi connectivity index (χ2n) is 8.77. The van der Waals surface area contributed by atoms with Gasteiger partial charge in [-0.05, 0) is 50.0 Å². The Bertz CT molecular complexity index is 1340. The van der Waals surface area contributed by atoms with E-state index in [1.807, 2.05) is 43.3 Å². The van der Waals surface area contributed by atoms with Crippen LogP contribution in [0.2, 0.25) is 0 Å². The highest BCUT2D eigenvalue weighted by Gasteiger charge is 2.19. The molecule has 9 heteroatoms. The fourth-order valence-corrected chi connectivity index (χ4v) is 3.91. The summed E-state index contributed by atoms with van der Waals surface area (Å²) in [6, 6.07) is 13.7. The summed E-state index contributed by atoms with van der Waals surface area (Å²) in [6.07, 6.45) is 3.29. The van der Waals surface area contributed by atoms with Crippen LogP contribution in [0.3, 0.4) is 0 Å². The number of pyridine rings is 1. The molecule has 0 N–H and O–H groups in total. The number of amides is 1. The molecule has 4 aromatic rings. The van der Waals surface area contributed by atoms with Crippen LogP contribution in [-0.4, -0.2) is 71.9 Å². The lowest BCUT2D eigenvalue weighted by atomic mass is 10.1. The molecule has 0 fully saturated rings. The fraction of sp³-hybridized carbons (Fsp3) is 0.296. The lowest BCUT2D eigenvalue weighted by Crippen LogP contribution is -2.36. The number of likely N-dealkylation sites (N-methyl/N-ethyl adjacent to an activating group) is 1. The van der Waals surface area contributed by atoms with Crippen molar-refractivity contribution < 1.29 is 18.7 Å². The molecule has 0 atom stereocenters. The van der Waals surface area contributed by atoms with E-state index in [-0.39, 0.29) is 11.7 Å². The Morgan fingerprint density at radius 1 is 1.00 bits per heavy atom. The number of carbonyl (C=O) groups is 1. The number of nitrogens with zero attached hydrogens (tertiary/aromatic N) is 5. The van der Waals surface area contributed by atoms with Gasteiger partial charge in [-0.25, -0.2) is 14.1 Å². The van der Waals surface area contributed by atoms with Gasteiger partial charge in [0.25, 0.3) is 5.91 Å². The minimum Gasteiger partial charge on any atom is -0.497 e. The first-order valence-electron chi connectivity index (χ1n) is 11.6. The van der Waals surface area contributed by atoms with Crippen LogP contribution >= 0.6 is 0 Å². The minimum atomic E-state index is -0.302. The molecule has 2 heterocycles. The lowest BCUT2D eigenvalue weighted by molar-refractivity contribution is 0.0731. The van der Waals surface area contributed by atoms with Crippen LogP contribution < -0.4 is 9.47 Å². The van der Waals surface area contributed by atoms with Crippen LogP contribution in [0.1, 0.15) is 21.5 Å². The van der Waals surface area contributed by atoms with Crippen molar-refractivity contribution in [2.24, 2.45) is 0 Å². The van der Waals surface area contributed by atoms with Gasteiger partial charge in [0, 0.05) is 42.8 Å². The third-order valence-corrected chi connectivity index (χ3v) is 5.93. The predicted molar refractivity (Wildman–Crippen MR) is 136 cm³/mol. The molecule has 0 aliphatic heterocycles. The Morgan fingerprint density at radius 2 is 1.78 bits per heavy atom. The van der Waals surface area contributed by atoms with E-state index in [2.05, 4.69) is 10.1 Å². The second-order valence-corrected chi connectivity index (χ2v) is 8.77. The maximum Gasteiger partial charge on any atom is 0.255 e. The molecule has 0 radical (unpaired) electrons. The number of hydrogen-bond donors (Lipinski definition) is 0. The van der Waals surface area contributed by atoms with Crippen LogP contribution in [0.25, 0.3) is 11.0 Å². The van der Waals surface area contributed by atoms with E-state index < -0.39 is 0 Å². The summed E-state index contributed by atoms with van der Waals surface area (Å²) in [7, 11) is 7.14. The highest BCUT2D eigenvalue weighted by Crippen LogP contribution is 2.26. The first kappa shape index (κ1) is 25.1. The topological polar surface area (TPSA) is 72.7 Å². The fourth-order valence-electron chi connectivity index (χ4n) is 3.91. The summed E-state index contributed by atoms with van der Waals surface area (Å²) in [6.45, 7) is 2.06. The smallest absolute Gasteiger partial charge is 0.255 e. The van der Waals surface area contributed by atoms with Gasteiger partial charge in [-0.15, -0.1) is 0 Å². The SMILES string of the molecule is COc1ccc(Cn2ncc3cc(C(=O)N(CCN(C)C)Cc4ccc(F)cc4)cnc32)c(OC)c1.